The topological polar surface area (TPSA) is 111 Å². The zero-order chi connectivity index (χ0) is 20.8. The third-order valence-electron chi connectivity index (χ3n) is 4.28. The van der Waals surface area contributed by atoms with Gasteiger partial charge in [-0.15, -0.1) is 11.3 Å². The number of carbonyl (C=O) groups is 4. The third-order valence-corrected chi connectivity index (χ3v) is 5.49. The second-order valence-electron chi connectivity index (χ2n) is 6.86. The fourth-order valence-electron chi connectivity index (χ4n) is 3.02. The number of anilines is 1. The average molecular weight is 410 g/mol. The zero-order valence-electron chi connectivity index (χ0n) is 16.5. The van der Waals surface area contributed by atoms with Crippen molar-refractivity contribution in [3.8, 4) is 0 Å². The summed E-state index contributed by atoms with van der Waals surface area (Å²) in [7, 11) is 0. The molecule has 0 radical (unpaired) electrons. The fraction of sp³-hybridized carbons (Fsp3) is 0.579. The van der Waals surface area contributed by atoms with Gasteiger partial charge in [-0.3, -0.25) is 9.59 Å². The van der Waals surface area contributed by atoms with E-state index in [4.69, 9.17) is 9.47 Å². The van der Waals surface area contributed by atoms with Crippen molar-refractivity contribution in [3.63, 3.8) is 0 Å². The SMILES string of the molecule is CCOC(=O)c1c(NC(=O)COC(=O)[C@H](NC(C)=O)C(C)C)sc2c1CCC2. The normalized spacial score (nSPS) is 13.6. The van der Waals surface area contributed by atoms with Gasteiger partial charge in [0.25, 0.3) is 5.91 Å². The number of aryl methyl sites for hydroxylation is 1. The number of thiophene rings is 1. The van der Waals surface area contributed by atoms with Crippen molar-refractivity contribution in [2.75, 3.05) is 18.5 Å². The quantitative estimate of drug-likeness (QED) is 0.635. The summed E-state index contributed by atoms with van der Waals surface area (Å²) < 4.78 is 10.2. The standard InChI is InChI=1S/C19H26N2O6S/c1-5-26-18(24)15-12-7-6-8-13(12)28-17(15)21-14(23)9-27-19(25)16(10(2)3)20-11(4)22/h10,16H,5-9H2,1-4H3,(H,20,22)(H,21,23)/t16-/m1/s1. The molecule has 1 heterocycles. The first kappa shape index (κ1) is 21.9. The molecule has 8 nitrogen and oxygen atoms in total. The summed E-state index contributed by atoms with van der Waals surface area (Å²) in [5.74, 6) is -2.23. The van der Waals surface area contributed by atoms with Crippen LogP contribution in [-0.2, 0) is 36.7 Å². The van der Waals surface area contributed by atoms with Crippen LogP contribution in [0, 0.1) is 5.92 Å². The predicted octanol–water partition coefficient (Wildman–Crippen LogP) is 2.06. The summed E-state index contributed by atoms with van der Waals surface area (Å²) in [5, 5.41) is 5.59. The number of hydrogen-bond acceptors (Lipinski definition) is 7. The van der Waals surface area contributed by atoms with Gasteiger partial charge >= 0.3 is 11.9 Å². The maximum Gasteiger partial charge on any atom is 0.341 e. The van der Waals surface area contributed by atoms with Crippen molar-refractivity contribution in [2.45, 2.75) is 53.0 Å². The Labute approximate surface area is 168 Å². The molecule has 0 aliphatic heterocycles. The molecule has 28 heavy (non-hydrogen) atoms. The van der Waals surface area contributed by atoms with Gasteiger partial charge in [-0.2, -0.15) is 0 Å². The summed E-state index contributed by atoms with van der Waals surface area (Å²) in [4.78, 5) is 49.0. The van der Waals surface area contributed by atoms with Crippen LogP contribution >= 0.6 is 11.3 Å². The Morgan fingerprint density at radius 3 is 2.46 bits per heavy atom. The first-order valence-corrected chi connectivity index (χ1v) is 10.1. The molecule has 2 amide bonds. The molecular weight excluding hydrogens is 384 g/mol. The Kier molecular flexibility index (Phi) is 7.56. The number of hydrogen-bond donors (Lipinski definition) is 2. The van der Waals surface area contributed by atoms with Crippen molar-refractivity contribution in [1.29, 1.82) is 0 Å². The van der Waals surface area contributed by atoms with Gasteiger partial charge in [0.15, 0.2) is 6.61 Å². The van der Waals surface area contributed by atoms with Crippen LogP contribution in [0.25, 0.3) is 0 Å². The lowest BCUT2D eigenvalue weighted by molar-refractivity contribution is -0.151. The van der Waals surface area contributed by atoms with Crippen molar-refractivity contribution >= 4 is 40.1 Å². The predicted molar refractivity (Wildman–Crippen MR) is 104 cm³/mol. The van der Waals surface area contributed by atoms with E-state index in [2.05, 4.69) is 10.6 Å². The lowest BCUT2D eigenvalue weighted by Crippen LogP contribution is -2.45. The Morgan fingerprint density at radius 2 is 1.86 bits per heavy atom. The highest BCUT2D eigenvalue weighted by Crippen LogP contribution is 2.39. The smallest absolute Gasteiger partial charge is 0.341 e. The van der Waals surface area contributed by atoms with Gasteiger partial charge in [-0.05, 0) is 37.7 Å². The molecule has 0 spiro atoms. The van der Waals surface area contributed by atoms with E-state index in [9.17, 15) is 19.2 Å². The maximum atomic E-state index is 12.3. The molecule has 2 N–H and O–H groups in total. The summed E-state index contributed by atoms with van der Waals surface area (Å²) in [6.07, 6.45) is 2.61. The van der Waals surface area contributed by atoms with Gasteiger partial charge < -0.3 is 20.1 Å². The van der Waals surface area contributed by atoms with E-state index in [1.807, 2.05) is 0 Å². The van der Waals surface area contributed by atoms with Crippen LogP contribution in [0.1, 0.15) is 54.9 Å². The second kappa shape index (κ2) is 9.68. The number of esters is 2. The summed E-state index contributed by atoms with van der Waals surface area (Å²) >= 11 is 1.35. The minimum atomic E-state index is -0.828. The van der Waals surface area contributed by atoms with Gasteiger partial charge in [0.1, 0.15) is 11.0 Å². The Morgan fingerprint density at radius 1 is 1.14 bits per heavy atom. The number of nitrogens with one attached hydrogen (secondary N) is 2. The molecule has 1 aromatic rings. The van der Waals surface area contributed by atoms with Gasteiger partial charge in [-0.1, -0.05) is 13.8 Å². The second-order valence-corrected chi connectivity index (χ2v) is 7.97. The van der Waals surface area contributed by atoms with E-state index in [1.165, 1.54) is 18.3 Å². The van der Waals surface area contributed by atoms with E-state index < -0.39 is 30.5 Å². The van der Waals surface area contributed by atoms with Crippen molar-refractivity contribution < 1.29 is 28.7 Å². The molecular formula is C19H26N2O6S. The van der Waals surface area contributed by atoms with Crippen molar-refractivity contribution in [3.05, 3.63) is 16.0 Å². The highest BCUT2D eigenvalue weighted by Gasteiger charge is 2.29. The van der Waals surface area contributed by atoms with E-state index in [0.29, 0.717) is 10.6 Å². The molecule has 0 bridgehead atoms. The van der Waals surface area contributed by atoms with Gasteiger partial charge in [0.05, 0.1) is 12.2 Å². The van der Waals surface area contributed by atoms with Crippen LogP contribution in [0.2, 0.25) is 0 Å². The minimum absolute atomic E-state index is 0.185. The Balaban J connectivity index is 2.02. The molecule has 2 rings (SSSR count). The van der Waals surface area contributed by atoms with Gasteiger partial charge in [0, 0.05) is 11.8 Å². The van der Waals surface area contributed by atoms with E-state index >= 15 is 0 Å². The van der Waals surface area contributed by atoms with Gasteiger partial charge in [0.2, 0.25) is 5.91 Å². The fourth-order valence-corrected chi connectivity index (χ4v) is 4.31. The third kappa shape index (κ3) is 5.31. The number of fused-ring (bicyclic) bond motifs is 1. The van der Waals surface area contributed by atoms with E-state index in [1.54, 1.807) is 20.8 Å². The molecule has 1 aromatic heterocycles. The Hall–Kier alpha value is -2.42. The van der Waals surface area contributed by atoms with Crippen LogP contribution in [0.5, 0.6) is 0 Å². The summed E-state index contributed by atoms with van der Waals surface area (Å²) in [5.41, 5.74) is 1.33. The maximum absolute atomic E-state index is 12.3. The molecule has 0 unspecified atom stereocenters. The minimum Gasteiger partial charge on any atom is -0.462 e. The average Bonchev–Trinajstić information content (AvgIpc) is 3.17. The first-order chi connectivity index (χ1) is 13.2. The van der Waals surface area contributed by atoms with Crippen LogP contribution in [0.15, 0.2) is 0 Å². The molecule has 0 aromatic carbocycles. The molecule has 154 valence electrons. The van der Waals surface area contributed by atoms with Crippen LogP contribution in [0.3, 0.4) is 0 Å². The molecule has 1 atom stereocenters. The van der Waals surface area contributed by atoms with E-state index in [0.717, 1.165) is 29.7 Å². The van der Waals surface area contributed by atoms with Crippen LogP contribution in [-0.4, -0.2) is 43.0 Å². The number of rotatable bonds is 8. The molecule has 0 saturated carbocycles. The van der Waals surface area contributed by atoms with Crippen LogP contribution in [0.4, 0.5) is 5.00 Å². The molecule has 0 saturated heterocycles. The van der Waals surface area contributed by atoms with Crippen molar-refractivity contribution in [2.24, 2.45) is 5.92 Å². The number of carbonyl (C=O) groups excluding carboxylic acids is 4. The Bertz CT molecular complexity index is 771. The highest BCUT2D eigenvalue weighted by atomic mass is 32.1. The number of amides is 2. The molecule has 1 aliphatic carbocycles. The monoisotopic (exact) mass is 410 g/mol. The molecule has 9 heteroatoms. The molecule has 0 fully saturated rings. The number of ether oxygens (including phenoxy) is 2. The summed E-state index contributed by atoms with van der Waals surface area (Å²) in [6, 6.07) is -0.828. The first-order valence-electron chi connectivity index (χ1n) is 9.29. The van der Waals surface area contributed by atoms with Crippen LogP contribution < -0.4 is 10.6 Å². The molecule has 1 aliphatic rings. The highest BCUT2D eigenvalue weighted by molar-refractivity contribution is 7.17. The lowest BCUT2D eigenvalue weighted by atomic mass is 10.0. The zero-order valence-corrected chi connectivity index (χ0v) is 17.4. The van der Waals surface area contributed by atoms with E-state index in [-0.39, 0.29) is 18.4 Å². The largest absolute Gasteiger partial charge is 0.462 e. The van der Waals surface area contributed by atoms with Crippen molar-refractivity contribution in [1.82, 2.24) is 5.32 Å². The van der Waals surface area contributed by atoms with Gasteiger partial charge in [-0.25, -0.2) is 9.59 Å². The lowest BCUT2D eigenvalue weighted by Gasteiger charge is -2.19. The summed E-state index contributed by atoms with van der Waals surface area (Å²) in [6.45, 7) is 6.30.